The monoisotopic (exact) mass is 248 g/mol. The zero-order valence-electron chi connectivity index (χ0n) is 9.98. The van der Waals surface area contributed by atoms with E-state index in [2.05, 4.69) is 15.6 Å². The summed E-state index contributed by atoms with van der Waals surface area (Å²) in [4.78, 5) is 26.9. The molecular formula is C12H16N4O2. The number of hydrogen-bond acceptors (Lipinski definition) is 4. The molecule has 0 bridgehead atoms. The van der Waals surface area contributed by atoms with Crippen LogP contribution in [0.15, 0.2) is 18.5 Å². The van der Waals surface area contributed by atoms with Crippen LogP contribution in [0.2, 0.25) is 0 Å². The molecule has 0 saturated heterocycles. The molecule has 2 rings (SSSR count). The summed E-state index contributed by atoms with van der Waals surface area (Å²) in [6, 6.07) is 1.91. The molecular weight excluding hydrogens is 232 g/mol. The molecule has 0 unspecified atom stereocenters. The highest BCUT2D eigenvalue weighted by molar-refractivity contribution is 5.98. The first-order valence-electron chi connectivity index (χ1n) is 5.94. The average molecular weight is 248 g/mol. The summed E-state index contributed by atoms with van der Waals surface area (Å²) in [6.07, 6.45) is 5.33. The second-order valence-electron chi connectivity index (χ2n) is 4.31. The molecule has 0 radical (unpaired) electrons. The van der Waals surface area contributed by atoms with Crippen LogP contribution in [0.4, 0.5) is 5.69 Å². The number of rotatable bonds is 5. The summed E-state index contributed by atoms with van der Waals surface area (Å²) in [5.74, 6) is -0.336. The zero-order chi connectivity index (χ0) is 13.0. The number of anilines is 1. The van der Waals surface area contributed by atoms with E-state index in [1.54, 1.807) is 6.07 Å². The van der Waals surface area contributed by atoms with Crippen LogP contribution in [0.3, 0.4) is 0 Å². The van der Waals surface area contributed by atoms with Crippen molar-refractivity contribution in [2.45, 2.75) is 25.3 Å². The molecule has 0 aliphatic heterocycles. The topological polar surface area (TPSA) is 97.1 Å². The molecule has 1 aliphatic rings. The molecule has 6 nitrogen and oxygen atoms in total. The fourth-order valence-corrected chi connectivity index (χ4v) is 1.51. The van der Waals surface area contributed by atoms with Crippen molar-refractivity contribution < 1.29 is 9.59 Å². The second-order valence-corrected chi connectivity index (χ2v) is 4.31. The van der Waals surface area contributed by atoms with Crippen LogP contribution in [0.1, 0.15) is 29.6 Å². The summed E-state index contributed by atoms with van der Waals surface area (Å²) >= 11 is 0. The Hall–Kier alpha value is -2.11. The Balaban J connectivity index is 1.74. The molecule has 2 amide bonds. The first-order chi connectivity index (χ1) is 8.66. The maximum absolute atomic E-state index is 11.7. The number of hydrogen-bond donors (Lipinski definition) is 3. The molecule has 1 fully saturated rings. The largest absolute Gasteiger partial charge is 0.398 e. The van der Waals surface area contributed by atoms with E-state index in [9.17, 15) is 9.59 Å². The summed E-state index contributed by atoms with van der Waals surface area (Å²) in [6.45, 7) is 0.297. The van der Waals surface area contributed by atoms with Gasteiger partial charge in [0.1, 0.15) is 0 Å². The van der Waals surface area contributed by atoms with Gasteiger partial charge in [0, 0.05) is 37.1 Å². The quantitative estimate of drug-likeness (QED) is 0.686. The molecule has 1 aromatic rings. The van der Waals surface area contributed by atoms with Crippen LogP contribution >= 0.6 is 0 Å². The summed E-state index contributed by atoms with van der Waals surface area (Å²) in [5.41, 5.74) is 6.36. The van der Waals surface area contributed by atoms with Gasteiger partial charge in [-0.25, -0.2) is 0 Å². The molecule has 1 saturated carbocycles. The molecule has 0 aromatic carbocycles. The first-order valence-corrected chi connectivity index (χ1v) is 5.94. The summed E-state index contributed by atoms with van der Waals surface area (Å²) < 4.78 is 0. The zero-order valence-corrected chi connectivity index (χ0v) is 9.98. The normalized spacial score (nSPS) is 14.0. The van der Waals surface area contributed by atoms with Crippen LogP contribution in [-0.4, -0.2) is 29.4 Å². The van der Waals surface area contributed by atoms with E-state index < -0.39 is 0 Å². The molecule has 0 atom stereocenters. The third-order valence-electron chi connectivity index (χ3n) is 2.68. The van der Waals surface area contributed by atoms with Gasteiger partial charge in [0.15, 0.2) is 0 Å². The molecule has 96 valence electrons. The number of aromatic nitrogens is 1. The van der Waals surface area contributed by atoms with Gasteiger partial charge in [-0.1, -0.05) is 0 Å². The van der Waals surface area contributed by atoms with E-state index in [-0.39, 0.29) is 18.2 Å². The van der Waals surface area contributed by atoms with E-state index in [1.165, 1.54) is 12.4 Å². The predicted octanol–water partition coefficient (Wildman–Crippen LogP) is 0.0623. The Morgan fingerprint density at radius 3 is 2.89 bits per heavy atom. The van der Waals surface area contributed by atoms with Gasteiger partial charge in [0.05, 0.1) is 5.56 Å². The smallest absolute Gasteiger partial charge is 0.254 e. The number of nitrogens with two attached hydrogens (primary N) is 1. The molecule has 4 N–H and O–H groups in total. The molecule has 0 spiro atoms. The van der Waals surface area contributed by atoms with Gasteiger partial charge >= 0.3 is 0 Å². The van der Waals surface area contributed by atoms with Crippen LogP contribution in [0.25, 0.3) is 0 Å². The van der Waals surface area contributed by atoms with Crippen molar-refractivity contribution >= 4 is 17.5 Å². The highest BCUT2D eigenvalue weighted by atomic mass is 16.2. The van der Waals surface area contributed by atoms with Gasteiger partial charge < -0.3 is 16.4 Å². The van der Waals surface area contributed by atoms with Gasteiger partial charge in [-0.3, -0.25) is 14.6 Å². The van der Waals surface area contributed by atoms with E-state index >= 15 is 0 Å². The van der Waals surface area contributed by atoms with E-state index in [4.69, 9.17) is 5.73 Å². The van der Waals surface area contributed by atoms with E-state index in [1.807, 2.05) is 0 Å². The minimum Gasteiger partial charge on any atom is -0.398 e. The number of carbonyl (C=O) groups is 2. The molecule has 1 aliphatic carbocycles. The lowest BCUT2D eigenvalue weighted by Crippen LogP contribution is -2.32. The number of nitrogens with one attached hydrogen (secondary N) is 2. The van der Waals surface area contributed by atoms with Gasteiger partial charge in [-0.05, 0) is 18.9 Å². The SMILES string of the molecule is Nc1ccncc1C(=O)NCCC(=O)NC1CC1. The first kappa shape index (κ1) is 12.3. The number of pyridine rings is 1. The maximum atomic E-state index is 11.7. The highest BCUT2D eigenvalue weighted by Crippen LogP contribution is 2.18. The van der Waals surface area contributed by atoms with Crippen molar-refractivity contribution in [1.29, 1.82) is 0 Å². The Morgan fingerprint density at radius 1 is 1.44 bits per heavy atom. The minimum atomic E-state index is -0.306. The highest BCUT2D eigenvalue weighted by Gasteiger charge is 2.22. The lowest BCUT2D eigenvalue weighted by atomic mass is 10.2. The summed E-state index contributed by atoms with van der Waals surface area (Å²) in [7, 11) is 0. The van der Waals surface area contributed by atoms with Crippen molar-refractivity contribution in [1.82, 2.24) is 15.6 Å². The lowest BCUT2D eigenvalue weighted by molar-refractivity contribution is -0.121. The molecule has 1 aromatic heterocycles. The van der Waals surface area contributed by atoms with Crippen molar-refractivity contribution in [3.05, 3.63) is 24.0 Å². The Bertz CT molecular complexity index is 457. The minimum absolute atomic E-state index is 0.0306. The standard InChI is InChI=1S/C12H16N4O2/c13-10-3-5-14-7-9(10)12(18)15-6-4-11(17)16-8-1-2-8/h3,5,7-8H,1-2,4,6H2,(H2,13,14)(H,15,18)(H,16,17). The number of amides is 2. The van der Waals surface area contributed by atoms with E-state index in [0.29, 0.717) is 23.8 Å². The van der Waals surface area contributed by atoms with Gasteiger partial charge in [0.25, 0.3) is 5.91 Å². The van der Waals surface area contributed by atoms with Crippen molar-refractivity contribution in [3.8, 4) is 0 Å². The van der Waals surface area contributed by atoms with Crippen molar-refractivity contribution in [2.75, 3.05) is 12.3 Å². The molecule has 18 heavy (non-hydrogen) atoms. The Labute approximate surface area is 105 Å². The van der Waals surface area contributed by atoms with Gasteiger partial charge in [-0.15, -0.1) is 0 Å². The van der Waals surface area contributed by atoms with Crippen LogP contribution < -0.4 is 16.4 Å². The fraction of sp³-hybridized carbons (Fsp3) is 0.417. The summed E-state index contributed by atoms with van der Waals surface area (Å²) in [5, 5.41) is 5.50. The third-order valence-corrected chi connectivity index (χ3v) is 2.68. The lowest BCUT2D eigenvalue weighted by Gasteiger charge is -2.07. The number of nitrogens with zero attached hydrogens (tertiary/aromatic N) is 1. The third kappa shape index (κ3) is 3.44. The number of carbonyl (C=O) groups excluding carboxylic acids is 2. The van der Waals surface area contributed by atoms with Crippen LogP contribution in [0, 0.1) is 0 Å². The second kappa shape index (κ2) is 5.48. The maximum Gasteiger partial charge on any atom is 0.254 e. The fourth-order valence-electron chi connectivity index (χ4n) is 1.51. The Kier molecular flexibility index (Phi) is 3.76. The number of nitrogen functional groups attached to an aromatic ring is 1. The van der Waals surface area contributed by atoms with Gasteiger partial charge in [0.2, 0.25) is 5.91 Å². The molecule has 6 heteroatoms. The average Bonchev–Trinajstić information content (AvgIpc) is 3.13. The van der Waals surface area contributed by atoms with Crippen LogP contribution in [0.5, 0.6) is 0 Å². The van der Waals surface area contributed by atoms with Crippen molar-refractivity contribution in [2.24, 2.45) is 0 Å². The Morgan fingerprint density at radius 2 is 2.22 bits per heavy atom. The van der Waals surface area contributed by atoms with Crippen LogP contribution in [-0.2, 0) is 4.79 Å². The van der Waals surface area contributed by atoms with E-state index in [0.717, 1.165) is 12.8 Å². The molecule has 1 heterocycles. The van der Waals surface area contributed by atoms with Gasteiger partial charge in [-0.2, -0.15) is 0 Å². The predicted molar refractivity (Wildman–Crippen MR) is 66.8 cm³/mol. The van der Waals surface area contributed by atoms with Crippen molar-refractivity contribution in [3.63, 3.8) is 0 Å².